The number of hydrogen-bond donors (Lipinski definition) is 2. The summed E-state index contributed by atoms with van der Waals surface area (Å²) in [6, 6.07) is 0.546. The molecule has 0 radical (unpaired) electrons. The molecule has 2 nitrogen and oxygen atoms in total. The molecule has 0 aromatic rings. The molecule has 9 heavy (non-hydrogen) atoms. The van der Waals surface area contributed by atoms with E-state index in [9.17, 15) is 0 Å². The van der Waals surface area contributed by atoms with Crippen molar-refractivity contribution < 1.29 is 6.53 Å². The van der Waals surface area contributed by atoms with Gasteiger partial charge in [0.1, 0.15) is 0 Å². The average Bonchev–Trinajstić information content (AvgIpc) is 2.20. The molecule has 0 bridgehead atoms. The highest BCUT2D eigenvalue weighted by atomic mass is 16.2. The SMILES string of the molecule is CCO.NC1CCCC1.[HH]. The lowest BCUT2D eigenvalue weighted by molar-refractivity contribution is 0.318. The van der Waals surface area contributed by atoms with E-state index in [1.165, 1.54) is 25.7 Å². The topological polar surface area (TPSA) is 46.2 Å². The molecule has 0 spiro atoms. The second-order valence-electron chi connectivity index (χ2n) is 2.36. The van der Waals surface area contributed by atoms with E-state index in [-0.39, 0.29) is 8.03 Å². The van der Waals surface area contributed by atoms with E-state index < -0.39 is 0 Å². The van der Waals surface area contributed by atoms with Gasteiger partial charge in [0.15, 0.2) is 0 Å². The van der Waals surface area contributed by atoms with Gasteiger partial charge in [-0.1, -0.05) is 12.8 Å². The van der Waals surface area contributed by atoms with Crippen LogP contribution in [0.25, 0.3) is 0 Å². The van der Waals surface area contributed by atoms with Crippen LogP contribution >= 0.6 is 0 Å². The lowest BCUT2D eigenvalue weighted by atomic mass is 10.3. The van der Waals surface area contributed by atoms with E-state index in [1.807, 2.05) is 0 Å². The Morgan fingerprint density at radius 3 is 2.00 bits per heavy atom. The van der Waals surface area contributed by atoms with Crippen LogP contribution in [0.4, 0.5) is 0 Å². The summed E-state index contributed by atoms with van der Waals surface area (Å²) in [6.07, 6.45) is 5.25. The summed E-state index contributed by atoms with van der Waals surface area (Å²) in [7, 11) is 0. The van der Waals surface area contributed by atoms with E-state index in [0.29, 0.717) is 6.04 Å². The van der Waals surface area contributed by atoms with E-state index in [4.69, 9.17) is 10.8 Å². The van der Waals surface area contributed by atoms with Gasteiger partial charge in [-0.05, 0) is 19.8 Å². The number of nitrogens with two attached hydrogens (primary N) is 1. The zero-order chi connectivity index (χ0) is 7.11. The monoisotopic (exact) mass is 133 g/mol. The van der Waals surface area contributed by atoms with Crippen LogP contribution in [0.2, 0.25) is 0 Å². The maximum Gasteiger partial charge on any atom is 0.0402 e. The first-order valence-corrected chi connectivity index (χ1v) is 3.67. The standard InChI is InChI=1S/C5H11N.C2H6O.H2/c6-5-3-1-2-4-5;1-2-3;/h5H,1-4,6H2;3H,2H2,1H3;1H. The molecule has 1 aliphatic carbocycles. The fraction of sp³-hybridized carbons (Fsp3) is 1.00. The Morgan fingerprint density at radius 1 is 1.56 bits per heavy atom. The van der Waals surface area contributed by atoms with Gasteiger partial charge < -0.3 is 10.8 Å². The Bertz CT molecular complexity index is 55.6. The molecule has 0 aromatic heterocycles. The Hall–Kier alpha value is -0.0800. The van der Waals surface area contributed by atoms with Crippen LogP contribution in [0.3, 0.4) is 0 Å². The molecule has 0 aromatic carbocycles. The van der Waals surface area contributed by atoms with E-state index >= 15 is 0 Å². The van der Waals surface area contributed by atoms with E-state index in [0.717, 1.165) is 0 Å². The summed E-state index contributed by atoms with van der Waals surface area (Å²) in [5.41, 5.74) is 5.53. The normalized spacial score (nSPS) is 19.0. The zero-order valence-corrected chi connectivity index (χ0v) is 6.14. The van der Waals surface area contributed by atoms with Crippen molar-refractivity contribution in [1.29, 1.82) is 0 Å². The Kier molecular flexibility index (Phi) is 5.99. The molecular weight excluding hydrogens is 114 g/mol. The quantitative estimate of drug-likeness (QED) is 0.520. The smallest absolute Gasteiger partial charge is 0.0402 e. The molecule has 0 saturated heterocycles. The van der Waals surface area contributed by atoms with Gasteiger partial charge in [-0.2, -0.15) is 0 Å². The number of aliphatic hydroxyl groups excluding tert-OH is 1. The summed E-state index contributed by atoms with van der Waals surface area (Å²) in [6.45, 7) is 1.93. The fourth-order valence-electron chi connectivity index (χ4n) is 0.957. The van der Waals surface area contributed by atoms with Gasteiger partial charge in [0, 0.05) is 14.1 Å². The van der Waals surface area contributed by atoms with Crippen LogP contribution in [-0.2, 0) is 0 Å². The van der Waals surface area contributed by atoms with Crippen molar-refractivity contribution in [3.05, 3.63) is 0 Å². The second kappa shape index (κ2) is 6.05. The van der Waals surface area contributed by atoms with Crippen LogP contribution in [-0.4, -0.2) is 17.8 Å². The highest BCUT2D eigenvalue weighted by Gasteiger charge is 2.07. The summed E-state index contributed by atoms with van der Waals surface area (Å²) >= 11 is 0. The van der Waals surface area contributed by atoms with Crippen LogP contribution < -0.4 is 5.73 Å². The summed E-state index contributed by atoms with van der Waals surface area (Å²) in [4.78, 5) is 0. The summed E-state index contributed by atoms with van der Waals surface area (Å²) in [5, 5.41) is 7.57. The second-order valence-corrected chi connectivity index (χ2v) is 2.36. The largest absolute Gasteiger partial charge is 0.397 e. The van der Waals surface area contributed by atoms with Gasteiger partial charge in [-0.3, -0.25) is 0 Å². The van der Waals surface area contributed by atoms with E-state index in [1.54, 1.807) is 6.92 Å². The first-order valence-electron chi connectivity index (χ1n) is 3.67. The molecule has 0 heterocycles. The van der Waals surface area contributed by atoms with Crippen LogP contribution in [0.15, 0.2) is 0 Å². The van der Waals surface area contributed by atoms with Crippen molar-refractivity contribution in [3.8, 4) is 0 Å². The number of aliphatic hydroxyl groups is 1. The van der Waals surface area contributed by atoms with Crippen molar-refractivity contribution in [3.63, 3.8) is 0 Å². The maximum atomic E-state index is 7.57. The highest BCUT2D eigenvalue weighted by Crippen LogP contribution is 2.14. The minimum Gasteiger partial charge on any atom is -0.397 e. The van der Waals surface area contributed by atoms with Crippen molar-refractivity contribution in [2.45, 2.75) is 38.6 Å². The third kappa shape index (κ3) is 5.80. The minimum atomic E-state index is 0. The Morgan fingerprint density at radius 2 is 1.89 bits per heavy atom. The Labute approximate surface area is 58.5 Å². The van der Waals surface area contributed by atoms with Gasteiger partial charge in [-0.15, -0.1) is 0 Å². The third-order valence-corrected chi connectivity index (χ3v) is 1.40. The maximum absolute atomic E-state index is 7.57. The lowest BCUT2D eigenvalue weighted by Gasteiger charge is -1.92. The molecule has 0 amide bonds. The first-order chi connectivity index (χ1) is 4.31. The van der Waals surface area contributed by atoms with Gasteiger partial charge in [-0.25, -0.2) is 0 Å². The van der Waals surface area contributed by atoms with Gasteiger partial charge in [0.25, 0.3) is 0 Å². The fourth-order valence-corrected chi connectivity index (χ4v) is 0.957. The summed E-state index contributed by atoms with van der Waals surface area (Å²) in [5.74, 6) is 0. The highest BCUT2D eigenvalue weighted by molar-refractivity contribution is 4.67. The van der Waals surface area contributed by atoms with Gasteiger partial charge in [0.2, 0.25) is 0 Å². The van der Waals surface area contributed by atoms with Crippen molar-refractivity contribution in [1.82, 2.24) is 0 Å². The van der Waals surface area contributed by atoms with Crippen LogP contribution in [0.1, 0.15) is 34.0 Å². The lowest BCUT2D eigenvalue weighted by Crippen LogP contribution is -2.13. The van der Waals surface area contributed by atoms with Gasteiger partial charge in [0.05, 0.1) is 0 Å². The molecule has 1 fully saturated rings. The molecule has 58 valence electrons. The first kappa shape index (κ1) is 8.92. The molecule has 0 atom stereocenters. The molecular formula is C7H19NO. The predicted octanol–water partition coefficient (Wildman–Crippen LogP) is 1.13. The molecule has 2 heteroatoms. The van der Waals surface area contributed by atoms with Gasteiger partial charge >= 0.3 is 0 Å². The molecule has 1 aliphatic rings. The zero-order valence-electron chi connectivity index (χ0n) is 6.14. The van der Waals surface area contributed by atoms with E-state index in [2.05, 4.69) is 0 Å². The molecule has 3 N–H and O–H groups in total. The van der Waals surface area contributed by atoms with Crippen LogP contribution in [0, 0.1) is 0 Å². The molecule has 1 rings (SSSR count). The van der Waals surface area contributed by atoms with Crippen LogP contribution in [0.5, 0.6) is 0 Å². The number of hydrogen-bond acceptors (Lipinski definition) is 2. The average molecular weight is 133 g/mol. The summed E-state index contributed by atoms with van der Waals surface area (Å²) < 4.78 is 0. The third-order valence-electron chi connectivity index (χ3n) is 1.40. The number of rotatable bonds is 0. The van der Waals surface area contributed by atoms with Crippen molar-refractivity contribution in [2.75, 3.05) is 6.61 Å². The Balaban J connectivity index is 0. The van der Waals surface area contributed by atoms with Crippen molar-refractivity contribution >= 4 is 0 Å². The molecule has 0 aliphatic heterocycles. The predicted molar refractivity (Wildman–Crippen MR) is 41.3 cm³/mol. The molecule has 0 unspecified atom stereocenters. The molecule has 1 saturated carbocycles. The van der Waals surface area contributed by atoms with Crippen molar-refractivity contribution in [2.24, 2.45) is 5.73 Å². The minimum absolute atomic E-state index is 0.